The molecule has 4 rings (SSSR count). The summed E-state index contributed by atoms with van der Waals surface area (Å²) in [6.07, 6.45) is 5.85. The van der Waals surface area contributed by atoms with Crippen LogP contribution >= 0.6 is 0 Å². The van der Waals surface area contributed by atoms with Gasteiger partial charge in [0.15, 0.2) is 0 Å². The molecular formula is C21H20. The number of allylic oxidation sites excluding steroid dienone is 1. The Hall–Kier alpha value is -2.08. The van der Waals surface area contributed by atoms with E-state index in [0.717, 1.165) is 6.42 Å². The van der Waals surface area contributed by atoms with Crippen LogP contribution in [0.5, 0.6) is 0 Å². The molecule has 0 unspecified atom stereocenters. The molecule has 0 heterocycles. The van der Waals surface area contributed by atoms with Crippen molar-refractivity contribution in [2.45, 2.75) is 32.6 Å². The van der Waals surface area contributed by atoms with Gasteiger partial charge in [-0.05, 0) is 51.6 Å². The molecule has 1 aliphatic rings. The maximum atomic E-state index is 2.38. The van der Waals surface area contributed by atoms with Crippen LogP contribution in [0.4, 0.5) is 0 Å². The fraction of sp³-hybridized carbons (Fsp3) is 0.238. The molecule has 0 saturated carbocycles. The van der Waals surface area contributed by atoms with Crippen molar-refractivity contribution >= 4 is 27.6 Å². The highest BCUT2D eigenvalue weighted by atomic mass is 14.3. The van der Waals surface area contributed by atoms with E-state index in [1.54, 1.807) is 0 Å². The Morgan fingerprint density at radius 2 is 1.62 bits per heavy atom. The SMILES string of the molecule is CC[C@]1(C)C=Cc2c1ccc1c2cc(C)c2ccccc21. The number of aryl methyl sites for hydroxylation is 1. The first-order chi connectivity index (χ1) is 10.1. The molecular weight excluding hydrogens is 252 g/mol. The second-order valence-corrected chi connectivity index (χ2v) is 6.47. The topological polar surface area (TPSA) is 0 Å². The van der Waals surface area contributed by atoms with Gasteiger partial charge in [-0.25, -0.2) is 0 Å². The molecule has 0 fully saturated rings. The van der Waals surface area contributed by atoms with E-state index in [1.165, 1.54) is 38.2 Å². The first-order valence-electron chi connectivity index (χ1n) is 7.79. The van der Waals surface area contributed by atoms with Gasteiger partial charge in [0.1, 0.15) is 0 Å². The van der Waals surface area contributed by atoms with Crippen LogP contribution in [0.1, 0.15) is 37.0 Å². The van der Waals surface area contributed by atoms with Crippen LogP contribution in [-0.4, -0.2) is 0 Å². The van der Waals surface area contributed by atoms with Gasteiger partial charge in [0, 0.05) is 5.41 Å². The van der Waals surface area contributed by atoms with Crippen molar-refractivity contribution in [3.05, 3.63) is 65.2 Å². The predicted octanol–water partition coefficient (Wildman–Crippen LogP) is 6.00. The summed E-state index contributed by atoms with van der Waals surface area (Å²) in [6.45, 7) is 6.84. The number of fused-ring (bicyclic) bond motifs is 5. The number of benzene rings is 3. The van der Waals surface area contributed by atoms with Crippen molar-refractivity contribution in [3.8, 4) is 0 Å². The highest BCUT2D eigenvalue weighted by molar-refractivity contribution is 6.12. The Bertz CT molecular complexity index is 899. The zero-order chi connectivity index (χ0) is 14.6. The molecule has 0 spiro atoms. The average molecular weight is 272 g/mol. The Morgan fingerprint density at radius 1 is 0.905 bits per heavy atom. The average Bonchev–Trinajstić information content (AvgIpc) is 2.86. The first-order valence-corrected chi connectivity index (χ1v) is 7.79. The molecule has 1 atom stereocenters. The van der Waals surface area contributed by atoms with Crippen molar-refractivity contribution in [1.82, 2.24) is 0 Å². The summed E-state index contributed by atoms with van der Waals surface area (Å²) in [6, 6.07) is 15.8. The fourth-order valence-electron chi connectivity index (χ4n) is 3.73. The normalized spacial score (nSPS) is 20.3. The largest absolute Gasteiger partial charge is 0.0736 e. The van der Waals surface area contributed by atoms with Gasteiger partial charge in [0.25, 0.3) is 0 Å². The third-order valence-electron chi connectivity index (χ3n) is 5.26. The molecule has 0 heteroatoms. The van der Waals surface area contributed by atoms with Crippen LogP contribution in [0.15, 0.2) is 48.5 Å². The maximum Gasteiger partial charge on any atom is 0.0110 e. The van der Waals surface area contributed by atoms with E-state index in [2.05, 4.69) is 75.4 Å². The van der Waals surface area contributed by atoms with Crippen LogP contribution in [0, 0.1) is 6.92 Å². The third kappa shape index (κ3) is 1.62. The standard InChI is InChI=1S/C21H20/c1-4-21(3)12-11-18-19-13-14(2)15-7-5-6-8-16(15)17(19)9-10-20(18)21/h5-13H,4H2,1-3H3/t21-/m1/s1. The van der Waals surface area contributed by atoms with Gasteiger partial charge in [-0.3, -0.25) is 0 Å². The summed E-state index contributed by atoms with van der Waals surface area (Å²) in [5, 5.41) is 5.51. The minimum Gasteiger partial charge on any atom is -0.0736 e. The quantitative estimate of drug-likeness (QED) is 0.477. The van der Waals surface area contributed by atoms with E-state index in [-0.39, 0.29) is 5.41 Å². The van der Waals surface area contributed by atoms with Crippen LogP contribution in [0.25, 0.3) is 27.6 Å². The molecule has 0 amide bonds. The minimum atomic E-state index is 0.197. The lowest BCUT2D eigenvalue weighted by atomic mass is 9.81. The van der Waals surface area contributed by atoms with Crippen LogP contribution in [0.3, 0.4) is 0 Å². The third-order valence-corrected chi connectivity index (χ3v) is 5.26. The second-order valence-electron chi connectivity index (χ2n) is 6.47. The van der Waals surface area contributed by atoms with E-state index in [0.29, 0.717) is 0 Å². The van der Waals surface area contributed by atoms with Crippen molar-refractivity contribution < 1.29 is 0 Å². The summed E-state index contributed by atoms with van der Waals surface area (Å²) in [4.78, 5) is 0. The first kappa shape index (κ1) is 12.6. The summed E-state index contributed by atoms with van der Waals surface area (Å²) in [5.74, 6) is 0. The Kier molecular flexibility index (Phi) is 2.53. The molecule has 0 N–H and O–H groups in total. The minimum absolute atomic E-state index is 0.197. The van der Waals surface area contributed by atoms with Gasteiger partial charge in [-0.2, -0.15) is 0 Å². The highest BCUT2D eigenvalue weighted by Crippen LogP contribution is 2.43. The van der Waals surface area contributed by atoms with Crippen LogP contribution in [0.2, 0.25) is 0 Å². The molecule has 0 nitrogen and oxygen atoms in total. The van der Waals surface area contributed by atoms with Crippen molar-refractivity contribution in [1.29, 1.82) is 0 Å². The molecule has 0 aromatic heterocycles. The molecule has 1 aliphatic carbocycles. The van der Waals surface area contributed by atoms with Gasteiger partial charge in [0.05, 0.1) is 0 Å². The van der Waals surface area contributed by atoms with E-state index in [1.807, 2.05) is 0 Å². The van der Waals surface area contributed by atoms with Crippen LogP contribution in [-0.2, 0) is 5.41 Å². The molecule has 0 bridgehead atoms. The molecule has 21 heavy (non-hydrogen) atoms. The Morgan fingerprint density at radius 3 is 2.38 bits per heavy atom. The Balaban J connectivity index is 2.16. The summed E-state index contributed by atoms with van der Waals surface area (Å²) in [5.41, 5.74) is 4.46. The van der Waals surface area contributed by atoms with E-state index >= 15 is 0 Å². The van der Waals surface area contributed by atoms with Crippen molar-refractivity contribution in [2.75, 3.05) is 0 Å². The number of rotatable bonds is 1. The lowest BCUT2D eigenvalue weighted by molar-refractivity contribution is 0.583. The zero-order valence-electron chi connectivity index (χ0n) is 12.9. The van der Waals surface area contributed by atoms with Gasteiger partial charge < -0.3 is 0 Å². The molecule has 0 aliphatic heterocycles. The molecule has 3 aromatic rings. The van der Waals surface area contributed by atoms with Crippen molar-refractivity contribution in [2.24, 2.45) is 0 Å². The fourth-order valence-corrected chi connectivity index (χ4v) is 3.73. The maximum absolute atomic E-state index is 2.38. The number of hydrogen-bond donors (Lipinski definition) is 0. The lowest BCUT2D eigenvalue weighted by Crippen LogP contribution is -2.15. The monoisotopic (exact) mass is 272 g/mol. The van der Waals surface area contributed by atoms with E-state index in [9.17, 15) is 0 Å². The van der Waals surface area contributed by atoms with Gasteiger partial charge in [-0.15, -0.1) is 0 Å². The zero-order valence-corrected chi connectivity index (χ0v) is 12.9. The Labute approximate surface area is 126 Å². The van der Waals surface area contributed by atoms with Gasteiger partial charge >= 0.3 is 0 Å². The van der Waals surface area contributed by atoms with Gasteiger partial charge in [0.2, 0.25) is 0 Å². The number of hydrogen-bond acceptors (Lipinski definition) is 0. The smallest absolute Gasteiger partial charge is 0.0110 e. The van der Waals surface area contributed by atoms with Crippen LogP contribution < -0.4 is 0 Å². The molecule has 104 valence electrons. The second kappa shape index (κ2) is 4.21. The molecule has 3 aromatic carbocycles. The predicted molar refractivity (Wildman–Crippen MR) is 92.9 cm³/mol. The highest BCUT2D eigenvalue weighted by Gasteiger charge is 2.29. The summed E-state index contributed by atoms with van der Waals surface area (Å²) < 4.78 is 0. The summed E-state index contributed by atoms with van der Waals surface area (Å²) >= 11 is 0. The molecule has 0 saturated heterocycles. The lowest BCUT2D eigenvalue weighted by Gasteiger charge is -2.23. The molecule has 0 radical (unpaired) electrons. The van der Waals surface area contributed by atoms with E-state index < -0.39 is 0 Å². The summed E-state index contributed by atoms with van der Waals surface area (Å²) in [7, 11) is 0. The van der Waals surface area contributed by atoms with Gasteiger partial charge in [-0.1, -0.05) is 68.5 Å². The van der Waals surface area contributed by atoms with Crippen molar-refractivity contribution in [3.63, 3.8) is 0 Å². The van der Waals surface area contributed by atoms with E-state index in [4.69, 9.17) is 0 Å².